The number of methoxy groups -OCH3 is 1. The Morgan fingerprint density at radius 1 is 1.33 bits per heavy atom. The molecule has 5 heteroatoms. The molecule has 0 atom stereocenters. The Hall–Kier alpha value is -1.65. The molecule has 4 nitrogen and oxygen atoms in total. The van der Waals surface area contributed by atoms with Crippen LogP contribution in [0.5, 0.6) is 5.75 Å². The third-order valence-electron chi connectivity index (χ3n) is 2.48. The number of rotatable bonds is 4. The Labute approximate surface area is 111 Å². The van der Waals surface area contributed by atoms with Gasteiger partial charge >= 0.3 is 0 Å². The summed E-state index contributed by atoms with van der Waals surface area (Å²) in [6.07, 6.45) is 1.73. The summed E-state index contributed by atoms with van der Waals surface area (Å²) in [5, 5.41) is 3.67. The third-order valence-corrected chi connectivity index (χ3v) is 2.71. The molecule has 18 heavy (non-hydrogen) atoms. The zero-order valence-corrected chi connectivity index (χ0v) is 11.0. The van der Waals surface area contributed by atoms with Gasteiger partial charge in [0.15, 0.2) is 0 Å². The first-order valence-electron chi connectivity index (χ1n) is 5.55. The first kappa shape index (κ1) is 12.8. The van der Waals surface area contributed by atoms with Gasteiger partial charge in [-0.15, -0.1) is 0 Å². The molecule has 0 spiro atoms. The van der Waals surface area contributed by atoms with Crippen molar-refractivity contribution in [2.24, 2.45) is 0 Å². The van der Waals surface area contributed by atoms with Gasteiger partial charge in [0.1, 0.15) is 11.6 Å². The number of aromatic nitrogens is 2. The second-order valence-corrected chi connectivity index (χ2v) is 4.17. The predicted octanol–water partition coefficient (Wildman–Crippen LogP) is 2.53. The molecule has 0 saturated heterocycles. The molecule has 2 aromatic rings. The molecule has 0 aliphatic carbocycles. The smallest absolute Gasteiger partial charge is 0.142 e. The fraction of sp³-hybridized carbons (Fsp3) is 0.231. The van der Waals surface area contributed by atoms with E-state index in [9.17, 15) is 0 Å². The summed E-state index contributed by atoms with van der Waals surface area (Å²) in [5.74, 6) is 1.48. The molecular formula is C13H14ClN3O. The maximum Gasteiger partial charge on any atom is 0.142 e. The van der Waals surface area contributed by atoms with Gasteiger partial charge in [0.25, 0.3) is 0 Å². The number of hydrogen-bond donors (Lipinski definition) is 1. The summed E-state index contributed by atoms with van der Waals surface area (Å²) in [4.78, 5) is 8.66. The lowest BCUT2D eigenvalue weighted by Crippen LogP contribution is -2.09. The highest BCUT2D eigenvalue weighted by molar-refractivity contribution is 6.30. The summed E-state index contributed by atoms with van der Waals surface area (Å²) in [5.41, 5.74) is 1.67. The van der Waals surface area contributed by atoms with Gasteiger partial charge in [-0.1, -0.05) is 11.6 Å². The van der Waals surface area contributed by atoms with Crippen LogP contribution in [0.4, 0.5) is 0 Å². The van der Waals surface area contributed by atoms with Crippen molar-refractivity contribution >= 4 is 11.6 Å². The molecular weight excluding hydrogens is 250 g/mol. The Morgan fingerprint density at radius 3 is 2.89 bits per heavy atom. The van der Waals surface area contributed by atoms with E-state index in [4.69, 9.17) is 16.3 Å². The summed E-state index contributed by atoms with van der Waals surface area (Å²) < 4.78 is 5.32. The van der Waals surface area contributed by atoms with Crippen molar-refractivity contribution in [3.8, 4) is 17.0 Å². The standard InChI is InChI=1S/C13H14ClN3O/c1-15-8-13-16-6-5-11(17-13)10-7-9(14)3-4-12(10)18-2/h3-7,15H,8H2,1-2H3. The lowest BCUT2D eigenvalue weighted by molar-refractivity contribution is 0.416. The zero-order valence-electron chi connectivity index (χ0n) is 10.3. The highest BCUT2D eigenvalue weighted by Crippen LogP contribution is 2.30. The normalized spacial score (nSPS) is 10.4. The van der Waals surface area contributed by atoms with Crippen LogP contribution in [0.1, 0.15) is 5.82 Å². The Balaban J connectivity index is 2.47. The highest BCUT2D eigenvalue weighted by atomic mass is 35.5. The summed E-state index contributed by atoms with van der Waals surface area (Å²) in [6.45, 7) is 0.622. The lowest BCUT2D eigenvalue weighted by atomic mass is 10.1. The van der Waals surface area contributed by atoms with Crippen molar-refractivity contribution in [2.45, 2.75) is 6.54 Å². The third kappa shape index (κ3) is 2.78. The molecule has 0 saturated carbocycles. The van der Waals surface area contributed by atoms with Gasteiger partial charge < -0.3 is 10.1 Å². The molecule has 0 radical (unpaired) electrons. The van der Waals surface area contributed by atoms with Crippen molar-refractivity contribution in [2.75, 3.05) is 14.2 Å². The van der Waals surface area contributed by atoms with Crippen molar-refractivity contribution in [1.82, 2.24) is 15.3 Å². The van der Waals surface area contributed by atoms with Crippen LogP contribution in [0, 0.1) is 0 Å². The monoisotopic (exact) mass is 263 g/mol. The van der Waals surface area contributed by atoms with Crippen LogP contribution in [0.2, 0.25) is 5.02 Å². The van der Waals surface area contributed by atoms with E-state index < -0.39 is 0 Å². The van der Waals surface area contributed by atoms with Crippen LogP contribution in [-0.4, -0.2) is 24.1 Å². The largest absolute Gasteiger partial charge is 0.496 e. The maximum absolute atomic E-state index is 6.01. The molecule has 0 fully saturated rings. The van der Waals surface area contributed by atoms with E-state index in [1.165, 1.54) is 0 Å². The van der Waals surface area contributed by atoms with E-state index in [0.29, 0.717) is 11.6 Å². The van der Waals surface area contributed by atoms with Crippen molar-refractivity contribution in [3.63, 3.8) is 0 Å². The van der Waals surface area contributed by atoms with E-state index in [0.717, 1.165) is 22.8 Å². The van der Waals surface area contributed by atoms with Crippen LogP contribution in [0.15, 0.2) is 30.5 Å². The van der Waals surface area contributed by atoms with Crippen molar-refractivity contribution in [3.05, 3.63) is 41.3 Å². The quantitative estimate of drug-likeness (QED) is 0.921. The molecule has 1 aromatic carbocycles. The highest BCUT2D eigenvalue weighted by Gasteiger charge is 2.09. The second kappa shape index (κ2) is 5.80. The van der Waals surface area contributed by atoms with Crippen LogP contribution in [0.25, 0.3) is 11.3 Å². The van der Waals surface area contributed by atoms with E-state index in [1.54, 1.807) is 19.4 Å². The van der Waals surface area contributed by atoms with Crippen LogP contribution >= 0.6 is 11.6 Å². The molecule has 0 aliphatic heterocycles. The Bertz CT molecular complexity index is 546. The molecule has 1 heterocycles. The fourth-order valence-electron chi connectivity index (χ4n) is 1.67. The minimum Gasteiger partial charge on any atom is -0.496 e. The van der Waals surface area contributed by atoms with Gasteiger partial charge in [-0.25, -0.2) is 9.97 Å². The van der Waals surface area contributed by atoms with Gasteiger partial charge in [-0.05, 0) is 31.3 Å². The van der Waals surface area contributed by atoms with E-state index >= 15 is 0 Å². The zero-order chi connectivity index (χ0) is 13.0. The summed E-state index contributed by atoms with van der Waals surface area (Å²) in [6, 6.07) is 7.30. The van der Waals surface area contributed by atoms with Crippen molar-refractivity contribution < 1.29 is 4.74 Å². The fourth-order valence-corrected chi connectivity index (χ4v) is 1.84. The van der Waals surface area contributed by atoms with E-state index in [1.807, 2.05) is 25.2 Å². The maximum atomic E-state index is 6.01. The van der Waals surface area contributed by atoms with E-state index in [-0.39, 0.29) is 0 Å². The summed E-state index contributed by atoms with van der Waals surface area (Å²) >= 11 is 6.01. The first-order chi connectivity index (χ1) is 8.74. The molecule has 0 amide bonds. The number of nitrogens with one attached hydrogen (secondary N) is 1. The molecule has 1 aromatic heterocycles. The molecule has 0 aliphatic rings. The van der Waals surface area contributed by atoms with Crippen LogP contribution in [-0.2, 0) is 6.54 Å². The van der Waals surface area contributed by atoms with E-state index in [2.05, 4.69) is 15.3 Å². The number of benzene rings is 1. The molecule has 94 valence electrons. The number of halogens is 1. The molecule has 0 bridgehead atoms. The van der Waals surface area contributed by atoms with Crippen LogP contribution < -0.4 is 10.1 Å². The number of hydrogen-bond acceptors (Lipinski definition) is 4. The summed E-state index contributed by atoms with van der Waals surface area (Å²) in [7, 11) is 3.48. The average Bonchev–Trinajstić information content (AvgIpc) is 2.39. The molecule has 2 rings (SSSR count). The van der Waals surface area contributed by atoms with Gasteiger partial charge in [0.05, 0.1) is 19.3 Å². The molecule has 0 unspecified atom stereocenters. The van der Waals surface area contributed by atoms with Crippen molar-refractivity contribution in [1.29, 1.82) is 0 Å². The minimum atomic E-state index is 0.622. The van der Waals surface area contributed by atoms with Gasteiger partial charge in [-0.3, -0.25) is 0 Å². The lowest BCUT2D eigenvalue weighted by Gasteiger charge is -2.09. The van der Waals surface area contributed by atoms with Gasteiger partial charge in [0, 0.05) is 16.8 Å². The Morgan fingerprint density at radius 2 is 2.17 bits per heavy atom. The van der Waals surface area contributed by atoms with Gasteiger partial charge in [-0.2, -0.15) is 0 Å². The van der Waals surface area contributed by atoms with Crippen LogP contribution in [0.3, 0.4) is 0 Å². The topological polar surface area (TPSA) is 47.0 Å². The number of nitrogens with zero attached hydrogens (tertiary/aromatic N) is 2. The molecule has 1 N–H and O–H groups in total. The minimum absolute atomic E-state index is 0.622. The first-order valence-corrected chi connectivity index (χ1v) is 5.93. The Kier molecular flexibility index (Phi) is 4.12. The number of ether oxygens (including phenoxy) is 1. The second-order valence-electron chi connectivity index (χ2n) is 3.73. The SMILES string of the molecule is CNCc1nccc(-c2cc(Cl)ccc2OC)n1. The average molecular weight is 264 g/mol. The van der Waals surface area contributed by atoms with Gasteiger partial charge in [0.2, 0.25) is 0 Å². The predicted molar refractivity (Wildman–Crippen MR) is 71.8 cm³/mol.